The van der Waals surface area contributed by atoms with Crippen LogP contribution in [0.15, 0.2) is 0 Å². The summed E-state index contributed by atoms with van der Waals surface area (Å²) >= 11 is 0. The Balaban J connectivity index is 2.88. The van der Waals surface area contributed by atoms with E-state index in [2.05, 4.69) is 30.4 Å². The summed E-state index contributed by atoms with van der Waals surface area (Å²) in [4.78, 5) is 16.3. The van der Waals surface area contributed by atoms with Crippen LogP contribution < -0.4 is 21.4 Å². The molecule has 0 spiro atoms. The van der Waals surface area contributed by atoms with Crippen LogP contribution in [0.5, 0.6) is 6.01 Å². The van der Waals surface area contributed by atoms with Crippen LogP contribution in [-0.2, 0) is 0 Å². The number of hydrogen-bond acceptors (Lipinski definition) is 7. The molecule has 0 unspecified atom stereocenters. The summed E-state index contributed by atoms with van der Waals surface area (Å²) in [5, 5.41) is 5.89. The molecule has 0 saturated heterocycles. The first-order chi connectivity index (χ1) is 6.80. The van der Waals surface area contributed by atoms with Gasteiger partial charge in [-0.3, -0.25) is 0 Å². The maximum Gasteiger partial charge on any atom is 0.342 e. The number of anilines is 2. The average Bonchev–Trinajstić information content (AvgIpc) is 2.18. The molecular formula is C7H14N6O. The molecule has 4 N–H and O–H groups in total. The smallest absolute Gasteiger partial charge is 0.342 e. The SMILES string of the molecule is CCNc1nc(NCC)nc(ON)n1. The summed E-state index contributed by atoms with van der Waals surface area (Å²) in [6.45, 7) is 5.33. The van der Waals surface area contributed by atoms with Crippen LogP contribution >= 0.6 is 0 Å². The maximum atomic E-state index is 4.97. The van der Waals surface area contributed by atoms with Crippen molar-refractivity contribution in [3.8, 4) is 6.01 Å². The highest BCUT2D eigenvalue weighted by Gasteiger charge is 2.04. The number of aromatic nitrogens is 3. The van der Waals surface area contributed by atoms with Crippen molar-refractivity contribution in [1.29, 1.82) is 0 Å². The molecule has 7 nitrogen and oxygen atoms in total. The topological polar surface area (TPSA) is 98.0 Å². The van der Waals surface area contributed by atoms with Gasteiger partial charge in [0.05, 0.1) is 0 Å². The van der Waals surface area contributed by atoms with Crippen molar-refractivity contribution in [1.82, 2.24) is 15.0 Å². The Labute approximate surface area is 82.1 Å². The fourth-order valence-electron chi connectivity index (χ4n) is 0.884. The molecule has 14 heavy (non-hydrogen) atoms. The van der Waals surface area contributed by atoms with Crippen LogP contribution in [0.1, 0.15) is 13.8 Å². The van der Waals surface area contributed by atoms with Crippen molar-refractivity contribution in [3.63, 3.8) is 0 Å². The minimum atomic E-state index is 0.0897. The lowest BCUT2D eigenvalue weighted by Gasteiger charge is -2.06. The summed E-state index contributed by atoms with van der Waals surface area (Å²) in [6, 6.07) is 0.0897. The summed E-state index contributed by atoms with van der Waals surface area (Å²) in [5.74, 6) is 5.86. The Hall–Kier alpha value is -1.63. The van der Waals surface area contributed by atoms with Crippen molar-refractivity contribution in [3.05, 3.63) is 0 Å². The van der Waals surface area contributed by atoms with Gasteiger partial charge in [-0.25, -0.2) is 0 Å². The molecule has 0 aromatic carbocycles. The van der Waals surface area contributed by atoms with E-state index in [1.165, 1.54) is 0 Å². The first kappa shape index (κ1) is 10.5. The van der Waals surface area contributed by atoms with E-state index < -0.39 is 0 Å². The molecule has 1 rings (SSSR count). The fourth-order valence-corrected chi connectivity index (χ4v) is 0.884. The van der Waals surface area contributed by atoms with Gasteiger partial charge in [0.2, 0.25) is 11.9 Å². The van der Waals surface area contributed by atoms with Crippen LogP contribution in [0.3, 0.4) is 0 Å². The monoisotopic (exact) mass is 198 g/mol. The van der Waals surface area contributed by atoms with Gasteiger partial charge >= 0.3 is 6.01 Å². The van der Waals surface area contributed by atoms with Gasteiger partial charge in [0.25, 0.3) is 0 Å². The minimum Gasteiger partial charge on any atom is -0.371 e. The van der Waals surface area contributed by atoms with E-state index in [0.29, 0.717) is 11.9 Å². The summed E-state index contributed by atoms with van der Waals surface area (Å²) in [7, 11) is 0. The molecular weight excluding hydrogens is 184 g/mol. The van der Waals surface area contributed by atoms with Gasteiger partial charge in [-0.15, -0.1) is 0 Å². The summed E-state index contributed by atoms with van der Waals surface area (Å²) in [5.41, 5.74) is 0. The summed E-state index contributed by atoms with van der Waals surface area (Å²) in [6.07, 6.45) is 0. The van der Waals surface area contributed by atoms with Crippen molar-refractivity contribution >= 4 is 11.9 Å². The molecule has 0 saturated carbocycles. The second kappa shape index (κ2) is 5.18. The number of hydrogen-bond donors (Lipinski definition) is 3. The van der Waals surface area contributed by atoms with E-state index in [4.69, 9.17) is 5.90 Å². The van der Waals surface area contributed by atoms with Crippen molar-refractivity contribution < 1.29 is 4.84 Å². The molecule has 0 aliphatic heterocycles. The van der Waals surface area contributed by atoms with Gasteiger partial charge in [-0.1, -0.05) is 0 Å². The van der Waals surface area contributed by atoms with Crippen LogP contribution in [0.2, 0.25) is 0 Å². The Morgan fingerprint density at radius 2 is 1.57 bits per heavy atom. The number of rotatable bonds is 5. The number of nitrogens with two attached hydrogens (primary N) is 1. The molecule has 7 heteroatoms. The highest BCUT2D eigenvalue weighted by Crippen LogP contribution is 2.09. The van der Waals surface area contributed by atoms with Gasteiger partial charge in [-0.05, 0) is 13.8 Å². The van der Waals surface area contributed by atoms with E-state index >= 15 is 0 Å². The molecule has 1 aromatic heterocycles. The van der Waals surface area contributed by atoms with E-state index in [1.54, 1.807) is 0 Å². The normalized spacial score (nSPS) is 9.64. The van der Waals surface area contributed by atoms with Gasteiger partial charge < -0.3 is 15.5 Å². The molecule has 0 aliphatic carbocycles. The zero-order valence-corrected chi connectivity index (χ0v) is 8.24. The first-order valence-corrected chi connectivity index (χ1v) is 4.40. The van der Waals surface area contributed by atoms with Crippen LogP contribution in [0, 0.1) is 0 Å². The minimum absolute atomic E-state index is 0.0897. The third-order valence-corrected chi connectivity index (χ3v) is 1.39. The zero-order valence-electron chi connectivity index (χ0n) is 8.24. The molecule has 0 fully saturated rings. The van der Waals surface area contributed by atoms with Crippen LogP contribution in [0.4, 0.5) is 11.9 Å². The Morgan fingerprint density at radius 3 is 1.93 bits per heavy atom. The number of nitrogens with one attached hydrogen (secondary N) is 2. The largest absolute Gasteiger partial charge is 0.371 e. The van der Waals surface area contributed by atoms with Gasteiger partial charge in [-0.2, -0.15) is 20.8 Å². The highest BCUT2D eigenvalue weighted by atomic mass is 16.6. The van der Waals surface area contributed by atoms with Crippen LogP contribution in [0.25, 0.3) is 0 Å². The lowest BCUT2D eigenvalue weighted by molar-refractivity contribution is 0.306. The maximum absolute atomic E-state index is 4.97. The molecule has 0 amide bonds. The average molecular weight is 198 g/mol. The molecule has 78 valence electrons. The lowest BCUT2D eigenvalue weighted by atomic mass is 10.7. The van der Waals surface area contributed by atoms with Gasteiger partial charge in [0.1, 0.15) is 0 Å². The van der Waals surface area contributed by atoms with E-state index in [-0.39, 0.29) is 6.01 Å². The fraction of sp³-hybridized carbons (Fsp3) is 0.571. The third kappa shape index (κ3) is 2.70. The Morgan fingerprint density at radius 1 is 1.07 bits per heavy atom. The van der Waals surface area contributed by atoms with Gasteiger partial charge in [0, 0.05) is 13.1 Å². The van der Waals surface area contributed by atoms with Crippen molar-refractivity contribution in [2.45, 2.75) is 13.8 Å². The summed E-state index contributed by atoms with van der Waals surface area (Å²) < 4.78 is 0. The van der Waals surface area contributed by atoms with Gasteiger partial charge in [0.15, 0.2) is 0 Å². The second-order valence-electron chi connectivity index (χ2n) is 2.44. The predicted octanol–water partition coefficient (Wildman–Crippen LogP) is -0.0123. The quantitative estimate of drug-likeness (QED) is 0.572. The molecule has 1 aromatic rings. The molecule has 0 atom stereocenters. The van der Waals surface area contributed by atoms with E-state index in [0.717, 1.165) is 13.1 Å². The number of nitrogens with zero attached hydrogens (tertiary/aromatic N) is 3. The third-order valence-electron chi connectivity index (χ3n) is 1.39. The zero-order chi connectivity index (χ0) is 10.4. The second-order valence-corrected chi connectivity index (χ2v) is 2.44. The first-order valence-electron chi connectivity index (χ1n) is 4.40. The molecule has 0 bridgehead atoms. The standard InChI is InChI=1S/C7H14N6O/c1-3-9-5-11-6(10-4-2)13-7(12-5)14-8/h3-4,8H2,1-2H3,(H2,9,10,11,12,13). The lowest BCUT2D eigenvalue weighted by Crippen LogP contribution is -2.12. The van der Waals surface area contributed by atoms with Crippen molar-refractivity contribution in [2.24, 2.45) is 5.90 Å². The van der Waals surface area contributed by atoms with Crippen molar-refractivity contribution in [2.75, 3.05) is 23.7 Å². The molecule has 0 aliphatic rings. The molecule has 0 radical (unpaired) electrons. The van der Waals surface area contributed by atoms with E-state index in [1.807, 2.05) is 13.8 Å². The van der Waals surface area contributed by atoms with E-state index in [9.17, 15) is 0 Å². The predicted molar refractivity (Wildman–Crippen MR) is 53.0 cm³/mol. The van der Waals surface area contributed by atoms with Crippen LogP contribution in [-0.4, -0.2) is 28.0 Å². The Bertz CT molecular complexity index is 267. The molecule has 1 heterocycles. The highest BCUT2D eigenvalue weighted by molar-refractivity contribution is 5.35. The Kier molecular flexibility index (Phi) is 3.86.